The minimum atomic E-state index is -0.808. The molecule has 1 heterocycles. The Labute approximate surface area is 82.5 Å². The van der Waals surface area contributed by atoms with Crippen LogP contribution in [0.4, 0.5) is 0 Å². The van der Waals surface area contributed by atoms with E-state index in [0.717, 1.165) is 0 Å². The van der Waals surface area contributed by atoms with Crippen molar-refractivity contribution in [1.29, 1.82) is 0 Å². The lowest BCUT2D eigenvalue weighted by molar-refractivity contribution is -0.145. The number of aliphatic hydroxyl groups excluding tert-OH is 1. The van der Waals surface area contributed by atoms with Crippen LogP contribution in [0.3, 0.4) is 0 Å². The number of aliphatic hydroxyl groups is 1. The molecule has 0 amide bonds. The molecule has 0 fully saturated rings. The molecule has 1 atom stereocenters. The average molecular weight is 195 g/mol. The molecule has 0 aliphatic rings. The maximum atomic E-state index is 11.0. The molecule has 4 heteroatoms. The summed E-state index contributed by atoms with van der Waals surface area (Å²) < 4.78 is 4.72. The van der Waals surface area contributed by atoms with E-state index >= 15 is 0 Å². The molecule has 76 valence electrons. The second kappa shape index (κ2) is 5.34. The Kier molecular flexibility index (Phi) is 4.07. The van der Waals surface area contributed by atoms with E-state index in [-0.39, 0.29) is 6.42 Å². The Morgan fingerprint density at radius 2 is 2.21 bits per heavy atom. The quantitative estimate of drug-likeness (QED) is 0.730. The smallest absolute Gasteiger partial charge is 0.308 e. The molecule has 0 spiro atoms. The number of pyridine rings is 1. The summed E-state index contributed by atoms with van der Waals surface area (Å²) in [5.74, 6) is -0.392. The SMILES string of the molecule is CCOC(=O)C[C@H](O)c1ccncc1. The normalized spacial score (nSPS) is 12.1. The molecule has 0 saturated carbocycles. The predicted molar refractivity (Wildman–Crippen MR) is 50.4 cm³/mol. The summed E-state index contributed by atoms with van der Waals surface area (Å²) in [5.41, 5.74) is 0.674. The molecule has 14 heavy (non-hydrogen) atoms. The predicted octanol–water partition coefficient (Wildman–Crippen LogP) is 1.07. The van der Waals surface area contributed by atoms with Crippen LogP contribution in [0.2, 0.25) is 0 Å². The third-order valence-corrected chi connectivity index (χ3v) is 1.76. The summed E-state index contributed by atoms with van der Waals surface area (Å²) >= 11 is 0. The van der Waals surface area contributed by atoms with E-state index in [1.165, 1.54) is 0 Å². The third kappa shape index (κ3) is 3.14. The number of carbonyl (C=O) groups excluding carboxylic acids is 1. The van der Waals surface area contributed by atoms with Crippen LogP contribution >= 0.6 is 0 Å². The van der Waals surface area contributed by atoms with Gasteiger partial charge in [-0.2, -0.15) is 0 Å². The highest BCUT2D eigenvalue weighted by atomic mass is 16.5. The van der Waals surface area contributed by atoms with Crippen LogP contribution < -0.4 is 0 Å². The van der Waals surface area contributed by atoms with Crippen molar-refractivity contribution in [2.45, 2.75) is 19.4 Å². The standard InChI is InChI=1S/C10H13NO3/c1-2-14-10(13)7-9(12)8-3-5-11-6-4-8/h3-6,9,12H,2,7H2,1H3/t9-/m0/s1. The topological polar surface area (TPSA) is 59.4 Å². The number of nitrogens with zero attached hydrogens (tertiary/aromatic N) is 1. The molecule has 0 aliphatic carbocycles. The van der Waals surface area contributed by atoms with E-state index in [4.69, 9.17) is 4.74 Å². The second-order valence-electron chi connectivity index (χ2n) is 2.81. The molecule has 4 nitrogen and oxygen atoms in total. The highest BCUT2D eigenvalue weighted by Crippen LogP contribution is 2.15. The lowest BCUT2D eigenvalue weighted by Crippen LogP contribution is -2.09. The monoisotopic (exact) mass is 195 g/mol. The summed E-state index contributed by atoms with van der Waals surface area (Å²) in [6.07, 6.45) is 2.32. The molecule has 0 radical (unpaired) electrons. The Hall–Kier alpha value is -1.42. The first-order chi connectivity index (χ1) is 6.74. The number of rotatable bonds is 4. The summed E-state index contributed by atoms with van der Waals surface area (Å²) in [6, 6.07) is 3.34. The highest BCUT2D eigenvalue weighted by Gasteiger charge is 2.12. The molecule has 0 bridgehead atoms. The van der Waals surface area contributed by atoms with Gasteiger partial charge in [0.1, 0.15) is 0 Å². The van der Waals surface area contributed by atoms with Crippen molar-refractivity contribution in [2.24, 2.45) is 0 Å². The van der Waals surface area contributed by atoms with Gasteiger partial charge in [0.05, 0.1) is 19.1 Å². The molecule has 0 unspecified atom stereocenters. The van der Waals surface area contributed by atoms with E-state index in [0.29, 0.717) is 12.2 Å². The van der Waals surface area contributed by atoms with Crippen LogP contribution in [-0.4, -0.2) is 22.7 Å². The largest absolute Gasteiger partial charge is 0.466 e. The second-order valence-corrected chi connectivity index (χ2v) is 2.81. The Morgan fingerprint density at radius 3 is 2.79 bits per heavy atom. The van der Waals surface area contributed by atoms with E-state index in [1.54, 1.807) is 31.5 Å². The molecule has 1 aromatic rings. The van der Waals surface area contributed by atoms with E-state index < -0.39 is 12.1 Å². The molecular formula is C10H13NO3. The summed E-state index contributed by atoms with van der Waals surface area (Å²) in [4.78, 5) is 14.8. The zero-order chi connectivity index (χ0) is 10.4. The van der Waals surface area contributed by atoms with E-state index in [1.807, 2.05) is 0 Å². The zero-order valence-corrected chi connectivity index (χ0v) is 8.01. The number of carbonyl (C=O) groups is 1. The lowest BCUT2D eigenvalue weighted by Gasteiger charge is -2.09. The van der Waals surface area contributed by atoms with E-state index in [9.17, 15) is 9.90 Å². The van der Waals surface area contributed by atoms with Crippen LogP contribution in [0.5, 0.6) is 0 Å². The van der Waals surface area contributed by atoms with Crippen molar-refractivity contribution < 1.29 is 14.6 Å². The number of esters is 1. The summed E-state index contributed by atoms with van der Waals surface area (Å²) in [5, 5.41) is 9.59. The molecule has 0 aliphatic heterocycles. The Balaban J connectivity index is 2.50. The van der Waals surface area contributed by atoms with Crippen molar-refractivity contribution in [2.75, 3.05) is 6.61 Å². The van der Waals surface area contributed by atoms with Gasteiger partial charge in [-0.3, -0.25) is 9.78 Å². The van der Waals surface area contributed by atoms with Gasteiger partial charge in [0.25, 0.3) is 0 Å². The fourth-order valence-corrected chi connectivity index (χ4v) is 1.08. The van der Waals surface area contributed by atoms with Crippen LogP contribution in [0.1, 0.15) is 25.0 Å². The maximum Gasteiger partial charge on any atom is 0.308 e. The van der Waals surface area contributed by atoms with Crippen molar-refractivity contribution in [3.8, 4) is 0 Å². The van der Waals surface area contributed by atoms with Gasteiger partial charge in [-0.1, -0.05) is 0 Å². The fourth-order valence-electron chi connectivity index (χ4n) is 1.08. The fraction of sp³-hybridized carbons (Fsp3) is 0.400. The van der Waals surface area contributed by atoms with Gasteiger partial charge in [-0.25, -0.2) is 0 Å². The zero-order valence-electron chi connectivity index (χ0n) is 8.01. The molecule has 1 N–H and O–H groups in total. The molecular weight excluding hydrogens is 182 g/mol. The third-order valence-electron chi connectivity index (χ3n) is 1.76. The van der Waals surface area contributed by atoms with Gasteiger partial charge in [0.2, 0.25) is 0 Å². The first-order valence-corrected chi connectivity index (χ1v) is 4.47. The van der Waals surface area contributed by atoms with Gasteiger partial charge in [-0.05, 0) is 24.6 Å². The van der Waals surface area contributed by atoms with E-state index in [2.05, 4.69) is 4.98 Å². The van der Waals surface area contributed by atoms with Crippen LogP contribution in [0, 0.1) is 0 Å². The number of hydrogen-bond acceptors (Lipinski definition) is 4. The number of aromatic nitrogens is 1. The highest BCUT2D eigenvalue weighted by molar-refractivity contribution is 5.70. The molecule has 1 aromatic heterocycles. The Bertz CT molecular complexity index is 287. The minimum absolute atomic E-state index is 0.0160. The van der Waals surface area contributed by atoms with Gasteiger partial charge in [0, 0.05) is 12.4 Å². The van der Waals surface area contributed by atoms with Gasteiger partial charge >= 0.3 is 5.97 Å². The molecule has 0 aromatic carbocycles. The van der Waals surface area contributed by atoms with Crippen LogP contribution in [-0.2, 0) is 9.53 Å². The first-order valence-electron chi connectivity index (χ1n) is 4.47. The van der Waals surface area contributed by atoms with Crippen molar-refractivity contribution in [1.82, 2.24) is 4.98 Å². The molecule has 0 saturated heterocycles. The van der Waals surface area contributed by atoms with Gasteiger partial charge < -0.3 is 9.84 Å². The molecule has 1 rings (SSSR count). The van der Waals surface area contributed by atoms with Crippen LogP contribution in [0.15, 0.2) is 24.5 Å². The minimum Gasteiger partial charge on any atom is -0.466 e. The van der Waals surface area contributed by atoms with Gasteiger partial charge in [0.15, 0.2) is 0 Å². The summed E-state index contributed by atoms with van der Waals surface area (Å²) in [7, 11) is 0. The van der Waals surface area contributed by atoms with Crippen molar-refractivity contribution >= 4 is 5.97 Å². The number of ether oxygens (including phenoxy) is 1. The Morgan fingerprint density at radius 1 is 1.57 bits per heavy atom. The van der Waals surface area contributed by atoms with Crippen molar-refractivity contribution in [3.63, 3.8) is 0 Å². The maximum absolute atomic E-state index is 11.0. The summed E-state index contributed by atoms with van der Waals surface area (Å²) in [6.45, 7) is 2.07. The lowest BCUT2D eigenvalue weighted by atomic mass is 10.1. The average Bonchev–Trinajstić information content (AvgIpc) is 2.19. The number of hydrogen-bond donors (Lipinski definition) is 1. The van der Waals surface area contributed by atoms with Gasteiger partial charge in [-0.15, -0.1) is 0 Å². The van der Waals surface area contributed by atoms with Crippen LogP contribution in [0.25, 0.3) is 0 Å². The van der Waals surface area contributed by atoms with Crippen molar-refractivity contribution in [3.05, 3.63) is 30.1 Å². The first kappa shape index (κ1) is 10.7.